The Bertz CT molecular complexity index is 667. The molecule has 6 heteroatoms. The number of rotatable bonds is 4. The highest BCUT2D eigenvalue weighted by Crippen LogP contribution is 2.28. The van der Waals surface area contributed by atoms with Crippen LogP contribution in [-0.4, -0.2) is 17.0 Å². The van der Waals surface area contributed by atoms with Gasteiger partial charge in [0.15, 0.2) is 0 Å². The van der Waals surface area contributed by atoms with Crippen LogP contribution in [0.3, 0.4) is 0 Å². The second kappa shape index (κ2) is 7.28. The summed E-state index contributed by atoms with van der Waals surface area (Å²) < 4.78 is 5.40. The molecule has 2 amide bonds. The molecule has 4 nitrogen and oxygen atoms in total. The van der Waals surface area contributed by atoms with Gasteiger partial charge in [-0.3, -0.25) is 0 Å². The Morgan fingerprint density at radius 1 is 1.22 bits per heavy atom. The summed E-state index contributed by atoms with van der Waals surface area (Å²) in [5, 5.41) is 3.79. The SMILES string of the molecule is O=C(Nc1ccc(Cl)c(Cl)c1)N(Cc1ccco1)C1CCCC1. The lowest BCUT2D eigenvalue weighted by molar-refractivity contribution is 0.178. The molecule has 0 spiro atoms. The van der Waals surface area contributed by atoms with Gasteiger partial charge in [-0.05, 0) is 43.2 Å². The number of carbonyl (C=O) groups is 1. The molecular weight excluding hydrogens is 335 g/mol. The molecule has 1 aliphatic carbocycles. The van der Waals surface area contributed by atoms with Crippen LogP contribution >= 0.6 is 23.2 Å². The lowest BCUT2D eigenvalue weighted by Crippen LogP contribution is -2.41. The van der Waals surface area contributed by atoms with Crippen molar-refractivity contribution < 1.29 is 9.21 Å². The van der Waals surface area contributed by atoms with E-state index in [0.717, 1.165) is 31.4 Å². The average Bonchev–Trinajstić information content (AvgIpc) is 3.21. The van der Waals surface area contributed by atoms with Crippen molar-refractivity contribution >= 4 is 34.9 Å². The monoisotopic (exact) mass is 352 g/mol. The molecule has 0 unspecified atom stereocenters. The molecule has 0 bridgehead atoms. The van der Waals surface area contributed by atoms with E-state index in [1.165, 1.54) is 0 Å². The number of urea groups is 1. The predicted octanol–water partition coefficient (Wildman–Crippen LogP) is 5.56. The number of hydrogen-bond acceptors (Lipinski definition) is 2. The van der Waals surface area contributed by atoms with Gasteiger partial charge < -0.3 is 14.6 Å². The normalized spacial score (nSPS) is 14.9. The molecule has 0 aliphatic heterocycles. The van der Waals surface area contributed by atoms with Crippen LogP contribution in [-0.2, 0) is 6.54 Å². The summed E-state index contributed by atoms with van der Waals surface area (Å²) in [5.41, 5.74) is 0.631. The van der Waals surface area contributed by atoms with E-state index in [0.29, 0.717) is 22.3 Å². The molecule has 0 atom stereocenters. The van der Waals surface area contributed by atoms with Crippen LogP contribution in [0.2, 0.25) is 10.0 Å². The molecule has 122 valence electrons. The molecule has 1 aromatic heterocycles. The molecule has 0 radical (unpaired) electrons. The van der Waals surface area contributed by atoms with Crippen molar-refractivity contribution in [3.63, 3.8) is 0 Å². The minimum atomic E-state index is -0.147. The topological polar surface area (TPSA) is 45.5 Å². The molecule has 1 saturated carbocycles. The van der Waals surface area contributed by atoms with E-state index < -0.39 is 0 Å². The van der Waals surface area contributed by atoms with Gasteiger partial charge in [0.05, 0.1) is 22.9 Å². The van der Waals surface area contributed by atoms with Gasteiger partial charge >= 0.3 is 6.03 Å². The Labute approximate surface area is 145 Å². The quantitative estimate of drug-likeness (QED) is 0.782. The fourth-order valence-electron chi connectivity index (χ4n) is 2.92. The molecular formula is C17H18Cl2N2O2. The summed E-state index contributed by atoms with van der Waals surface area (Å²) in [6.45, 7) is 0.463. The molecule has 1 fully saturated rings. The minimum absolute atomic E-state index is 0.147. The number of nitrogens with zero attached hydrogens (tertiary/aromatic N) is 1. The zero-order valence-electron chi connectivity index (χ0n) is 12.6. The number of anilines is 1. The molecule has 1 heterocycles. The number of nitrogens with one attached hydrogen (secondary N) is 1. The van der Waals surface area contributed by atoms with Gasteiger partial charge in [0.25, 0.3) is 0 Å². The summed E-state index contributed by atoms with van der Waals surface area (Å²) in [6, 6.07) is 8.88. The Morgan fingerprint density at radius 3 is 2.65 bits per heavy atom. The number of halogens is 2. The third-order valence-electron chi connectivity index (χ3n) is 4.10. The third-order valence-corrected chi connectivity index (χ3v) is 4.84. The molecule has 0 saturated heterocycles. The predicted molar refractivity (Wildman–Crippen MR) is 92.0 cm³/mol. The number of carbonyl (C=O) groups excluding carboxylic acids is 1. The number of hydrogen-bond donors (Lipinski definition) is 1. The Kier molecular flexibility index (Phi) is 5.13. The maximum atomic E-state index is 12.7. The lowest BCUT2D eigenvalue weighted by Gasteiger charge is -2.28. The molecule has 2 aromatic rings. The van der Waals surface area contributed by atoms with Gasteiger partial charge in [-0.1, -0.05) is 36.0 Å². The van der Waals surface area contributed by atoms with E-state index in [2.05, 4.69) is 5.32 Å². The molecule has 1 aromatic carbocycles. The molecule has 1 aliphatic rings. The first-order chi connectivity index (χ1) is 11.1. The van der Waals surface area contributed by atoms with Crippen molar-refractivity contribution in [2.75, 3.05) is 5.32 Å². The molecule has 1 N–H and O–H groups in total. The second-order valence-electron chi connectivity index (χ2n) is 5.70. The van der Waals surface area contributed by atoms with E-state index in [-0.39, 0.29) is 12.1 Å². The maximum Gasteiger partial charge on any atom is 0.322 e. The standard InChI is InChI=1S/C17H18Cl2N2O2/c18-15-8-7-12(10-16(15)19)20-17(22)21(13-4-1-2-5-13)11-14-6-3-9-23-14/h3,6-10,13H,1-2,4-5,11H2,(H,20,22). The zero-order chi connectivity index (χ0) is 16.2. The van der Waals surface area contributed by atoms with Crippen LogP contribution in [0.1, 0.15) is 31.4 Å². The first-order valence-corrected chi connectivity index (χ1v) is 8.44. The molecule has 23 heavy (non-hydrogen) atoms. The van der Waals surface area contributed by atoms with Crippen LogP contribution < -0.4 is 5.32 Å². The van der Waals surface area contributed by atoms with Crippen LogP contribution in [0, 0.1) is 0 Å². The third kappa shape index (κ3) is 4.01. The van der Waals surface area contributed by atoms with Crippen LogP contribution in [0.15, 0.2) is 41.0 Å². The van der Waals surface area contributed by atoms with Gasteiger partial charge in [-0.15, -0.1) is 0 Å². The van der Waals surface area contributed by atoms with Crippen molar-refractivity contribution in [2.45, 2.75) is 38.3 Å². The van der Waals surface area contributed by atoms with Crippen molar-refractivity contribution in [3.8, 4) is 0 Å². The smallest absolute Gasteiger partial charge is 0.322 e. The van der Waals surface area contributed by atoms with Crippen molar-refractivity contribution in [1.82, 2.24) is 4.90 Å². The van der Waals surface area contributed by atoms with Crippen molar-refractivity contribution in [1.29, 1.82) is 0 Å². The summed E-state index contributed by atoms with van der Waals surface area (Å²) in [5.74, 6) is 0.779. The molecule has 3 rings (SSSR count). The second-order valence-corrected chi connectivity index (χ2v) is 6.52. The fraction of sp³-hybridized carbons (Fsp3) is 0.353. The van der Waals surface area contributed by atoms with E-state index >= 15 is 0 Å². The van der Waals surface area contributed by atoms with Crippen molar-refractivity contribution in [2.24, 2.45) is 0 Å². The number of furan rings is 1. The highest BCUT2D eigenvalue weighted by Gasteiger charge is 2.27. The Hall–Kier alpha value is -1.65. The van der Waals surface area contributed by atoms with Crippen LogP contribution in [0.5, 0.6) is 0 Å². The highest BCUT2D eigenvalue weighted by atomic mass is 35.5. The number of amides is 2. The van der Waals surface area contributed by atoms with E-state index in [4.69, 9.17) is 27.6 Å². The highest BCUT2D eigenvalue weighted by molar-refractivity contribution is 6.42. The zero-order valence-corrected chi connectivity index (χ0v) is 14.1. The van der Waals surface area contributed by atoms with Gasteiger partial charge in [0.2, 0.25) is 0 Å². The van der Waals surface area contributed by atoms with Crippen LogP contribution in [0.4, 0.5) is 10.5 Å². The Morgan fingerprint density at radius 2 is 2.00 bits per heavy atom. The largest absolute Gasteiger partial charge is 0.467 e. The fourth-order valence-corrected chi connectivity index (χ4v) is 3.22. The first-order valence-electron chi connectivity index (χ1n) is 7.68. The van der Waals surface area contributed by atoms with Crippen LogP contribution in [0.25, 0.3) is 0 Å². The van der Waals surface area contributed by atoms with Gasteiger partial charge in [-0.2, -0.15) is 0 Å². The lowest BCUT2D eigenvalue weighted by atomic mass is 10.2. The van der Waals surface area contributed by atoms with E-state index in [9.17, 15) is 4.79 Å². The number of benzene rings is 1. The van der Waals surface area contributed by atoms with E-state index in [1.807, 2.05) is 17.0 Å². The summed E-state index contributed by atoms with van der Waals surface area (Å²) >= 11 is 11.9. The summed E-state index contributed by atoms with van der Waals surface area (Å²) in [7, 11) is 0. The summed E-state index contributed by atoms with van der Waals surface area (Å²) in [4.78, 5) is 14.6. The summed E-state index contributed by atoms with van der Waals surface area (Å²) in [6.07, 6.45) is 5.97. The Balaban J connectivity index is 1.74. The average molecular weight is 353 g/mol. The minimum Gasteiger partial charge on any atom is -0.467 e. The maximum absolute atomic E-state index is 12.7. The van der Waals surface area contributed by atoms with Crippen molar-refractivity contribution in [3.05, 3.63) is 52.4 Å². The van der Waals surface area contributed by atoms with Gasteiger partial charge in [0, 0.05) is 11.7 Å². The van der Waals surface area contributed by atoms with E-state index in [1.54, 1.807) is 24.5 Å². The van der Waals surface area contributed by atoms with Gasteiger partial charge in [0.1, 0.15) is 5.76 Å². The van der Waals surface area contributed by atoms with Gasteiger partial charge in [-0.25, -0.2) is 4.79 Å². The first kappa shape index (κ1) is 16.2.